The van der Waals surface area contributed by atoms with Crippen molar-refractivity contribution in [2.45, 2.75) is 83.1 Å². The maximum Gasteiger partial charge on any atom is 0.0789 e. The van der Waals surface area contributed by atoms with Crippen molar-refractivity contribution in [1.82, 2.24) is 8.80 Å². The quantitative estimate of drug-likeness (QED) is 0.157. The summed E-state index contributed by atoms with van der Waals surface area (Å²) in [6, 6.07) is 42.9. The molecule has 11 aromatic rings. The number of fused-ring (bicyclic) bond motifs is 8. The van der Waals surface area contributed by atoms with E-state index in [1.165, 1.54) is 166 Å². The van der Waals surface area contributed by atoms with Crippen LogP contribution in [0.2, 0.25) is 0 Å². The molecule has 3 aromatic heterocycles. The van der Waals surface area contributed by atoms with Crippen molar-refractivity contribution in [1.29, 1.82) is 0 Å². The molecule has 304 valence electrons. The maximum absolute atomic E-state index is 2.61. The van der Waals surface area contributed by atoms with E-state index in [1.807, 2.05) is 0 Å². The van der Waals surface area contributed by atoms with Crippen LogP contribution in [-0.4, -0.2) is 8.80 Å². The molecule has 0 aliphatic heterocycles. The highest BCUT2D eigenvalue weighted by atomic mass is 15.0. The number of hydrogen-bond acceptors (Lipinski definition) is 0. The lowest BCUT2D eigenvalue weighted by Crippen LogP contribution is -1.99. The van der Waals surface area contributed by atoms with E-state index in [0.717, 1.165) is 0 Å². The molecule has 0 N–H and O–H groups in total. The summed E-state index contributed by atoms with van der Waals surface area (Å²) in [5.74, 6) is 0. The van der Waals surface area contributed by atoms with Crippen molar-refractivity contribution in [3.63, 3.8) is 0 Å². The highest BCUT2D eigenvalue weighted by Crippen LogP contribution is 2.49. The fourth-order valence-corrected chi connectivity index (χ4v) is 12.3. The first-order valence-electron chi connectivity index (χ1n) is 22.3. The van der Waals surface area contributed by atoms with E-state index < -0.39 is 0 Å². The number of benzene rings is 8. The Morgan fingerprint density at radius 1 is 0.274 bits per heavy atom. The van der Waals surface area contributed by atoms with Gasteiger partial charge in [-0.15, -0.1) is 0 Å². The Kier molecular flexibility index (Phi) is 8.29. The van der Waals surface area contributed by atoms with Gasteiger partial charge >= 0.3 is 0 Å². The molecule has 0 atom stereocenters. The van der Waals surface area contributed by atoms with Crippen LogP contribution in [-0.2, 0) is 0 Å². The molecular formula is C60H54N2. The van der Waals surface area contributed by atoms with Gasteiger partial charge in [-0.1, -0.05) is 95.1 Å². The van der Waals surface area contributed by atoms with Crippen molar-refractivity contribution in [3.05, 3.63) is 176 Å². The molecule has 0 saturated carbocycles. The van der Waals surface area contributed by atoms with Gasteiger partial charge in [-0.05, 0) is 208 Å². The lowest BCUT2D eigenvalue weighted by Gasteiger charge is -2.17. The first-order valence-corrected chi connectivity index (χ1v) is 22.3. The van der Waals surface area contributed by atoms with Gasteiger partial charge in [0, 0.05) is 21.5 Å². The minimum Gasteiger partial charge on any atom is -0.305 e. The Hall–Kier alpha value is -6.64. The lowest BCUT2D eigenvalue weighted by atomic mass is 9.89. The first-order chi connectivity index (χ1) is 29.7. The van der Waals surface area contributed by atoms with E-state index in [2.05, 4.69) is 201 Å². The molecule has 0 aliphatic rings. The third kappa shape index (κ3) is 5.35. The van der Waals surface area contributed by atoms with Gasteiger partial charge in [-0.2, -0.15) is 0 Å². The van der Waals surface area contributed by atoms with Crippen molar-refractivity contribution in [2.75, 3.05) is 0 Å². The van der Waals surface area contributed by atoms with Gasteiger partial charge in [0.2, 0.25) is 0 Å². The average Bonchev–Trinajstić information content (AvgIpc) is 3.71. The number of hydrogen-bond donors (Lipinski definition) is 0. The summed E-state index contributed by atoms with van der Waals surface area (Å²) in [5, 5.41) is 5.21. The van der Waals surface area contributed by atoms with Crippen molar-refractivity contribution in [3.8, 4) is 44.5 Å². The zero-order valence-electron chi connectivity index (χ0n) is 38.3. The Morgan fingerprint density at radius 3 is 0.855 bits per heavy atom. The van der Waals surface area contributed by atoms with Crippen LogP contribution in [0.4, 0.5) is 0 Å². The van der Waals surface area contributed by atoms with Crippen molar-refractivity contribution >= 4 is 54.6 Å². The average molecular weight is 803 g/mol. The molecule has 3 heterocycles. The summed E-state index contributed by atoms with van der Waals surface area (Å²) in [4.78, 5) is 0. The Bertz CT molecular complexity index is 3410. The van der Waals surface area contributed by atoms with E-state index in [1.54, 1.807) is 0 Å². The summed E-state index contributed by atoms with van der Waals surface area (Å²) in [6.45, 7) is 27.0. The largest absolute Gasteiger partial charge is 0.305 e. The highest BCUT2D eigenvalue weighted by Gasteiger charge is 2.27. The van der Waals surface area contributed by atoms with Crippen molar-refractivity contribution < 1.29 is 0 Å². The van der Waals surface area contributed by atoms with E-state index >= 15 is 0 Å². The second-order valence-corrected chi connectivity index (χ2v) is 18.9. The second-order valence-electron chi connectivity index (χ2n) is 18.9. The lowest BCUT2D eigenvalue weighted by molar-refractivity contribution is 1.25. The Balaban J connectivity index is 1.36. The number of nitrogens with zero attached hydrogens (tertiary/aromatic N) is 2. The summed E-state index contributed by atoms with van der Waals surface area (Å²) in [5.41, 5.74) is 33.6. The number of rotatable bonds is 4. The fraction of sp³-hybridized carbons (Fsp3) is 0.200. The molecule has 11 rings (SSSR count). The molecule has 0 unspecified atom stereocenters. The molecule has 2 heteroatoms. The van der Waals surface area contributed by atoms with Gasteiger partial charge < -0.3 is 8.80 Å². The molecule has 2 nitrogen and oxygen atoms in total. The van der Waals surface area contributed by atoms with Gasteiger partial charge in [0.15, 0.2) is 0 Å². The van der Waals surface area contributed by atoms with E-state index in [9.17, 15) is 0 Å². The van der Waals surface area contributed by atoms with Crippen LogP contribution in [0.25, 0.3) is 99.2 Å². The summed E-state index contributed by atoms with van der Waals surface area (Å²) in [6.07, 6.45) is 0. The maximum atomic E-state index is 2.61. The molecule has 0 bridgehead atoms. The normalized spacial score (nSPS) is 12.2. The summed E-state index contributed by atoms with van der Waals surface area (Å²) < 4.78 is 5.21. The molecule has 8 aromatic carbocycles. The van der Waals surface area contributed by atoms with E-state index in [4.69, 9.17) is 0 Å². The highest BCUT2D eigenvalue weighted by molar-refractivity contribution is 6.27. The molecule has 0 amide bonds. The number of aromatic nitrogens is 2. The zero-order valence-corrected chi connectivity index (χ0v) is 38.3. The van der Waals surface area contributed by atoms with E-state index in [0.29, 0.717) is 0 Å². The molecule has 62 heavy (non-hydrogen) atoms. The zero-order chi connectivity index (χ0) is 43.2. The van der Waals surface area contributed by atoms with Gasteiger partial charge in [0.25, 0.3) is 0 Å². The van der Waals surface area contributed by atoms with Gasteiger partial charge in [0.1, 0.15) is 0 Å². The van der Waals surface area contributed by atoms with Crippen LogP contribution >= 0.6 is 0 Å². The molecular weight excluding hydrogens is 749 g/mol. The van der Waals surface area contributed by atoms with Gasteiger partial charge in [-0.25, -0.2) is 0 Å². The third-order valence-electron chi connectivity index (χ3n) is 14.1. The third-order valence-corrected chi connectivity index (χ3v) is 14.1. The molecule has 0 spiro atoms. The van der Waals surface area contributed by atoms with Gasteiger partial charge in [0.05, 0.1) is 33.1 Å². The van der Waals surface area contributed by atoms with Gasteiger partial charge in [-0.3, -0.25) is 0 Å². The standard InChI is InChI=1S/C60H54N2/c1-31-21-35(5)53(36(6)22-31)43-13-17-49-47(29-43)57-45(55-39(9)25-33(3)26-40(55)10)15-19-51-59(57)61(49)52-20-16-46(56-41(11)27-34(4)28-42(56)12)58-48-30-44(14-18-50(48)62(51)60(52)58)54-37(7)23-32(2)24-38(54)8/h13-30H,1-12H3. The topological polar surface area (TPSA) is 8.82 Å². The number of aryl methyl sites for hydroxylation is 12. The van der Waals surface area contributed by atoms with Crippen LogP contribution in [0, 0.1) is 83.1 Å². The second kappa shape index (κ2) is 13.4. The van der Waals surface area contributed by atoms with E-state index in [-0.39, 0.29) is 0 Å². The Labute approximate surface area is 365 Å². The van der Waals surface area contributed by atoms with Crippen LogP contribution in [0.3, 0.4) is 0 Å². The predicted octanol–water partition coefficient (Wildman–Crippen LogP) is 16.6. The monoisotopic (exact) mass is 802 g/mol. The summed E-state index contributed by atoms with van der Waals surface area (Å²) >= 11 is 0. The van der Waals surface area contributed by atoms with Crippen LogP contribution in [0.1, 0.15) is 66.8 Å². The van der Waals surface area contributed by atoms with Crippen LogP contribution < -0.4 is 0 Å². The SMILES string of the molecule is Cc1cc(C)c(-c2ccc3c(c2)c2c(-c4c(C)cc(C)cc4C)ccc4c2n3c2ccc(-c3c(C)cc(C)cc3C)c3c5cc(-c6c(C)cc(C)cc6C)ccc5n4c32)c(C)c1. The molecule has 0 radical (unpaired) electrons. The van der Waals surface area contributed by atoms with Crippen molar-refractivity contribution in [2.24, 2.45) is 0 Å². The summed E-state index contributed by atoms with van der Waals surface area (Å²) in [7, 11) is 0. The Morgan fingerprint density at radius 2 is 0.548 bits per heavy atom. The minimum absolute atomic E-state index is 1.23. The van der Waals surface area contributed by atoms with Crippen LogP contribution in [0.5, 0.6) is 0 Å². The molecule has 0 saturated heterocycles. The van der Waals surface area contributed by atoms with Crippen LogP contribution in [0.15, 0.2) is 109 Å². The minimum atomic E-state index is 1.23. The molecule has 0 aliphatic carbocycles. The first kappa shape index (κ1) is 38.3. The smallest absolute Gasteiger partial charge is 0.0789 e. The fourth-order valence-electron chi connectivity index (χ4n) is 12.3. The predicted molar refractivity (Wildman–Crippen MR) is 268 cm³/mol. The molecule has 0 fully saturated rings.